The fourth-order valence-corrected chi connectivity index (χ4v) is 2.31. The first-order valence-corrected chi connectivity index (χ1v) is 8.20. The third kappa shape index (κ3) is 4.38. The smallest absolute Gasteiger partial charge is 0.362 e. The van der Waals surface area contributed by atoms with Gasteiger partial charge in [-0.05, 0) is 44.0 Å². The second-order valence-corrected chi connectivity index (χ2v) is 5.47. The van der Waals surface area contributed by atoms with Gasteiger partial charge in [0.05, 0.1) is 13.2 Å². The van der Waals surface area contributed by atoms with Gasteiger partial charge < -0.3 is 14.2 Å². The molecule has 5 heteroatoms. The first kappa shape index (κ1) is 18.5. The van der Waals surface area contributed by atoms with Gasteiger partial charge in [-0.3, -0.25) is 0 Å². The van der Waals surface area contributed by atoms with Gasteiger partial charge in [-0.25, -0.2) is 9.59 Å². The van der Waals surface area contributed by atoms with Crippen LogP contribution in [0.25, 0.3) is 11.1 Å². The molecule has 0 fully saturated rings. The number of esters is 2. The Balaban J connectivity index is 2.32. The number of carbonyl (C=O) groups is 2. The lowest BCUT2D eigenvalue weighted by atomic mass is 10.0. The first-order valence-electron chi connectivity index (χ1n) is 8.20. The fraction of sp³-hybridized carbons (Fsp3) is 0.300. The van der Waals surface area contributed by atoms with Crippen molar-refractivity contribution in [2.24, 2.45) is 0 Å². The van der Waals surface area contributed by atoms with E-state index in [1.807, 2.05) is 36.4 Å². The van der Waals surface area contributed by atoms with Crippen molar-refractivity contribution in [3.63, 3.8) is 0 Å². The molecule has 2 rings (SSSR count). The van der Waals surface area contributed by atoms with E-state index in [-0.39, 0.29) is 13.2 Å². The van der Waals surface area contributed by atoms with Crippen LogP contribution in [0.15, 0.2) is 54.6 Å². The molecular weight excluding hydrogens is 320 g/mol. The Morgan fingerprint density at radius 1 is 0.840 bits per heavy atom. The van der Waals surface area contributed by atoms with E-state index in [1.165, 1.54) is 6.92 Å². The summed E-state index contributed by atoms with van der Waals surface area (Å²) in [6.45, 7) is 4.97. The van der Waals surface area contributed by atoms with Gasteiger partial charge in [0.1, 0.15) is 5.75 Å². The summed E-state index contributed by atoms with van der Waals surface area (Å²) in [6.07, 6.45) is 0. The average molecular weight is 342 g/mol. The highest BCUT2D eigenvalue weighted by molar-refractivity contribution is 6.03. The maximum absolute atomic E-state index is 12.3. The summed E-state index contributed by atoms with van der Waals surface area (Å²) in [5.41, 5.74) is 0.0523. The number of hydrogen-bond acceptors (Lipinski definition) is 5. The van der Waals surface area contributed by atoms with Crippen molar-refractivity contribution in [2.75, 3.05) is 13.2 Å². The summed E-state index contributed by atoms with van der Waals surface area (Å²) < 4.78 is 15.7. The summed E-state index contributed by atoms with van der Waals surface area (Å²) in [7, 11) is 0. The van der Waals surface area contributed by atoms with Gasteiger partial charge in [0.15, 0.2) is 0 Å². The van der Waals surface area contributed by atoms with E-state index >= 15 is 0 Å². The Kier molecular flexibility index (Phi) is 6.17. The van der Waals surface area contributed by atoms with E-state index < -0.39 is 17.5 Å². The van der Waals surface area contributed by atoms with Crippen LogP contribution in [0.2, 0.25) is 0 Å². The molecule has 0 saturated heterocycles. The minimum Gasteiger partial charge on any atom is -0.464 e. The molecule has 0 N–H and O–H groups in total. The molecule has 0 atom stereocenters. The topological polar surface area (TPSA) is 61.8 Å². The molecule has 5 nitrogen and oxygen atoms in total. The van der Waals surface area contributed by atoms with Crippen LogP contribution in [-0.4, -0.2) is 30.8 Å². The van der Waals surface area contributed by atoms with Crippen LogP contribution in [0.3, 0.4) is 0 Å². The Hall–Kier alpha value is -2.82. The highest BCUT2D eigenvalue weighted by Gasteiger charge is 2.47. The van der Waals surface area contributed by atoms with E-state index in [2.05, 4.69) is 0 Å². The molecule has 2 aromatic carbocycles. The molecule has 0 saturated carbocycles. The average Bonchev–Trinajstić information content (AvgIpc) is 2.63. The number of rotatable bonds is 7. The van der Waals surface area contributed by atoms with Crippen LogP contribution < -0.4 is 4.74 Å². The van der Waals surface area contributed by atoms with E-state index in [4.69, 9.17) is 14.2 Å². The predicted molar refractivity (Wildman–Crippen MR) is 94.2 cm³/mol. The highest BCUT2D eigenvalue weighted by Crippen LogP contribution is 2.27. The Morgan fingerprint density at radius 3 is 1.96 bits per heavy atom. The molecule has 0 aliphatic rings. The summed E-state index contributed by atoms with van der Waals surface area (Å²) in [4.78, 5) is 24.6. The van der Waals surface area contributed by atoms with E-state index in [9.17, 15) is 9.59 Å². The van der Waals surface area contributed by atoms with E-state index in [0.29, 0.717) is 5.75 Å². The van der Waals surface area contributed by atoms with Crippen LogP contribution in [0.1, 0.15) is 20.8 Å². The monoisotopic (exact) mass is 342 g/mol. The zero-order valence-corrected chi connectivity index (χ0v) is 14.7. The maximum Gasteiger partial charge on any atom is 0.362 e. The van der Waals surface area contributed by atoms with Gasteiger partial charge >= 0.3 is 11.9 Å². The van der Waals surface area contributed by atoms with Crippen molar-refractivity contribution in [1.82, 2.24) is 0 Å². The molecule has 0 aliphatic carbocycles. The van der Waals surface area contributed by atoms with Gasteiger partial charge in [-0.15, -0.1) is 0 Å². The Bertz CT molecular complexity index is 706. The van der Waals surface area contributed by atoms with Crippen molar-refractivity contribution in [3.05, 3.63) is 54.6 Å². The predicted octanol–water partition coefficient (Wildman–Crippen LogP) is 3.62. The lowest BCUT2D eigenvalue weighted by Gasteiger charge is -2.26. The fourth-order valence-electron chi connectivity index (χ4n) is 2.31. The second-order valence-electron chi connectivity index (χ2n) is 5.47. The number of hydrogen-bond donors (Lipinski definition) is 0. The number of carbonyl (C=O) groups excluding carboxylic acids is 2. The molecule has 0 radical (unpaired) electrons. The molecule has 0 heterocycles. The molecular formula is C20H22O5. The van der Waals surface area contributed by atoms with Crippen molar-refractivity contribution in [3.8, 4) is 16.9 Å². The quantitative estimate of drug-likeness (QED) is 0.568. The summed E-state index contributed by atoms with van der Waals surface area (Å²) in [5.74, 6) is -1.18. The van der Waals surface area contributed by atoms with Crippen molar-refractivity contribution < 1.29 is 23.8 Å². The van der Waals surface area contributed by atoms with Crippen molar-refractivity contribution in [2.45, 2.75) is 26.4 Å². The maximum atomic E-state index is 12.3. The number of benzene rings is 2. The molecule has 0 amide bonds. The second kappa shape index (κ2) is 8.33. The summed E-state index contributed by atoms with van der Waals surface area (Å²) in [5, 5.41) is 0. The molecule has 0 unspecified atom stereocenters. The van der Waals surface area contributed by atoms with Crippen LogP contribution in [0, 0.1) is 0 Å². The van der Waals surface area contributed by atoms with Gasteiger partial charge in [0.2, 0.25) is 0 Å². The van der Waals surface area contributed by atoms with Crippen LogP contribution >= 0.6 is 0 Å². The van der Waals surface area contributed by atoms with Crippen molar-refractivity contribution in [1.29, 1.82) is 0 Å². The Morgan fingerprint density at radius 2 is 1.40 bits per heavy atom. The molecule has 0 aromatic heterocycles. The lowest BCUT2D eigenvalue weighted by molar-refractivity contribution is -0.177. The molecule has 2 aromatic rings. The van der Waals surface area contributed by atoms with E-state index in [0.717, 1.165) is 11.1 Å². The summed E-state index contributed by atoms with van der Waals surface area (Å²) >= 11 is 0. The van der Waals surface area contributed by atoms with Gasteiger partial charge in [0.25, 0.3) is 5.60 Å². The SMILES string of the molecule is CCOC(=O)C(C)(Oc1cccc(-c2ccccc2)c1)C(=O)OCC. The summed E-state index contributed by atoms with van der Waals surface area (Å²) in [6, 6.07) is 16.9. The normalized spacial score (nSPS) is 10.8. The third-order valence-corrected chi connectivity index (χ3v) is 3.59. The van der Waals surface area contributed by atoms with Gasteiger partial charge in [-0.1, -0.05) is 42.5 Å². The molecule has 0 bridgehead atoms. The zero-order valence-electron chi connectivity index (χ0n) is 14.7. The zero-order chi connectivity index (χ0) is 18.3. The van der Waals surface area contributed by atoms with Crippen molar-refractivity contribution >= 4 is 11.9 Å². The minimum absolute atomic E-state index is 0.140. The molecule has 25 heavy (non-hydrogen) atoms. The first-order chi connectivity index (χ1) is 12.0. The lowest BCUT2D eigenvalue weighted by Crippen LogP contribution is -2.51. The van der Waals surface area contributed by atoms with Crippen LogP contribution in [0.4, 0.5) is 0 Å². The molecule has 0 spiro atoms. The number of ether oxygens (including phenoxy) is 3. The highest BCUT2D eigenvalue weighted by atomic mass is 16.6. The van der Waals surface area contributed by atoms with Crippen LogP contribution in [0.5, 0.6) is 5.75 Å². The van der Waals surface area contributed by atoms with Crippen LogP contribution in [-0.2, 0) is 19.1 Å². The third-order valence-electron chi connectivity index (χ3n) is 3.59. The standard InChI is InChI=1S/C20H22O5/c1-4-23-18(21)20(3,19(22)24-5-2)25-17-13-9-12-16(14-17)15-10-7-6-8-11-15/h6-14H,4-5H2,1-3H3. The van der Waals surface area contributed by atoms with Gasteiger partial charge in [0, 0.05) is 0 Å². The minimum atomic E-state index is -1.86. The molecule has 0 aliphatic heterocycles. The van der Waals surface area contributed by atoms with E-state index in [1.54, 1.807) is 32.0 Å². The molecule has 132 valence electrons. The van der Waals surface area contributed by atoms with Gasteiger partial charge in [-0.2, -0.15) is 0 Å². The largest absolute Gasteiger partial charge is 0.464 e. The Labute approximate surface area is 147 Å².